The van der Waals surface area contributed by atoms with E-state index in [1.165, 1.54) is 11.8 Å². The topological polar surface area (TPSA) is 76.7 Å². The smallest absolute Gasteiger partial charge is 0.237 e. The van der Waals surface area contributed by atoms with E-state index in [9.17, 15) is 9.59 Å². The Morgan fingerprint density at radius 1 is 0.806 bits per heavy atom. The second-order valence-corrected chi connectivity index (χ2v) is 7.99. The van der Waals surface area contributed by atoms with Crippen LogP contribution in [0.1, 0.15) is 6.92 Å². The van der Waals surface area contributed by atoms with Crippen LogP contribution in [0.15, 0.2) is 78.9 Å². The van der Waals surface area contributed by atoms with Gasteiger partial charge in [-0.25, -0.2) is 0 Å². The molecule has 160 valence electrons. The molecule has 31 heavy (non-hydrogen) atoms. The van der Waals surface area contributed by atoms with Gasteiger partial charge in [0.25, 0.3) is 0 Å². The highest BCUT2D eigenvalue weighted by atomic mass is 32.2. The highest BCUT2D eigenvalue weighted by Gasteiger charge is 2.15. The molecule has 0 aliphatic carbocycles. The lowest BCUT2D eigenvalue weighted by molar-refractivity contribution is -0.115. The van der Waals surface area contributed by atoms with Crippen LogP contribution < -0.4 is 20.1 Å². The molecule has 2 amide bonds. The van der Waals surface area contributed by atoms with Crippen molar-refractivity contribution >= 4 is 35.0 Å². The van der Waals surface area contributed by atoms with Crippen LogP contribution in [0.5, 0.6) is 17.2 Å². The zero-order valence-corrected chi connectivity index (χ0v) is 18.1. The molecule has 2 N–H and O–H groups in total. The summed E-state index contributed by atoms with van der Waals surface area (Å²) >= 11 is 1.27. The standard InChI is InChI=1S/C24H24N2O4S/c1-17(31-16-23(27)25-18-8-12-20(29-2)13-9-18)24(28)26-19-10-14-22(15-11-19)30-21-6-4-3-5-7-21/h3-15,17H,16H2,1-2H3,(H,25,27)(H,26,28). The number of methoxy groups -OCH3 is 1. The average Bonchev–Trinajstić information content (AvgIpc) is 2.80. The number of thioether (sulfide) groups is 1. The van der Waals surface area contributed by atoms with Crippen molar-refractivity contribution in [3.8, 4) is 17.2 Å². The number of nitrogens with one attached hydrogen (secondary N) is 2. The lowest BCUT2D eigenvalue weighted by Gasteiger charge is -2.13. The van der Waals surface area contributed by atoms with Crippen molar-refractivity contribution in [1.82, 2.24) is 0 Å². The number of amides is 2. The van der Waals surface area contributed by atoms with E-state index in [4.69, 9.17) is 9.47 Å². The Morgan fingerprint density at radius 3 is 1.97 bits per heavy atom. The second-order valence-electron chi connectivity index (χ2n) is 6.66. The third-order valence-corrected chi connectivity index (χ3v) is 5.45. The maximum Gasteiger partial charge on any atom is 0.237 e. The zero-order chi connectivity index (χ0) is 22.1. The SMILES string of the molecule is COc1ccc(NC(=O)CSC(C)C(=O)Nc2ccc(Oc3ccccc3)cc2)cc1. The summed E-state index contributed by atoms with van der Waals surface area (Å²) in [6.45, 7) is 1.77. The summed E-state index contributed by atoms with van der Waals surface area (Å²) in [7, 11) is 1.59. The van der Waals surface area contributed by atoms with Crippen molar-refractivity contribution in [2.24, 2.45) is 0 Å². The Labute approximate surface area is 186 Å². The highest BCUT2D eigenvalue weighted by molar-refractivity contribution is 8.01. The van der Waals surface area contributed by atoms with Crippen LogP contribution in [0.2, 0.25) is 0 Å². The van der Waals surface area contributed by atoms with Crippen LogP contribution in [0.25, 0.3) is 0 Å². The molecule has 1 atom stereocenters. The van der Waals surface area contributed by atoms with Gasteiger partial charge in [-0.05, 0) is 67.6 Å². The highest BCUT2D eigenvalue weighted by Crippen LogP contribution is 2.23. The molecule has 0 radical (unpaired) electrons. The first kappa shape index (κ1) is 22.2. The first-order valence-corrected chi connectivity index (χ1v) is 10.8. The zero-order valence-electron chi connectivity index (χ0n) is 17.3. The Balaban J connectivity index is 1.43. The fourth-order valence-corrected chi connectivity index (χ4v) is 3.31. The van der Waals surface area contributed by atoms with E-state index in [0.29, 0.717) is 17.1 Å². The molecule has 7 heteroatoms. The second kappa shape index (κ2) is 11.1. The number of rotatable bonds is 9. The summed E-state index contributed by atoms with van der Waals surface area (Å²) in [5, 5.41) is 5.27. The Kier molecular flexibility index (Phi) is 7.95. The lowest BCUT2D eigenvalue weighted by Crippen LogP contribution is -2.25. The van der Waals surface area contributed by atoms with E-state index in [0.717, 1.165) is 11.5 Å². The average molecular weight is 437 g/mol. The quantitative estimate of drug-likeness (QED) is 0.483. The monoisotopic (exact) mass is 436 g/mol. The van der Waals surface area contributed by atoms with Crippen LogP contribution in [-0.4, -0.2) is 29.9 Å². The van der Waals surface area contributed by atoms with Gasteiger partial charge in [0.1, 0.15) is 17.2 Å². The van der Waals surface area contributed by atoms with Crippen molar-refractivity contribution in [3.05, 3.63) is 78.9 Å². The molecule has 0 saturated carbocycles. The predicted molar refractivity (Wildman–Crippen MR) is 125 cm³/mol. The number of carbonyl (C=O) groups is 2. The van der Waals surface area contributed by atoms with Gasteiger partial charge in [-0.2, -0.15) is 0 Å². The Morgan fingerprint density at radius 2 is 1.35 bits per heavy atom. The van der Waals surface area contributed by atoms with Crippen molar-refractivity contribution in [3.63, 3.8) is 0 Å². The minimum absolute atomic E-state index is 0.168. The van der Waals surface area contributed by atoms with Gasteiger partial charge in [0.05, 0.1) is 18.1 Å². The molecule has 0 bridgehead atoms. The Hall–Kier alpha value is -3.45. The summed E-state index contributed by atoms with van der Waals surface area (Å²) in [6.07, 6.45) is 0. The van der Waals surface area contributed by atoms with Crippen LogP contribution in [0.4, 0.5) is 11.4 Å². The van der Waals surface area contributed by atoms with E-state index in [-0.39, 0.29) is 22.8 Å². The largest absolute Gasteiger partial charge is 0.497 e. The molecule has 0 aromatic heterocycles. The minimum Gasteiger partial charge on any atom is -0.497 e. The Bertz CT molecular complexity index is 992. The fraction of sp³-hybridized carbons (Fsp3) is 0.167. The number of benzene rings is 3. The van der Waals surface area contributed by atoms with E-state index in [1.807, 2.05) is 30.3 Å². The van der Waals surface area contributed by atoms with Crippen molar-refractivity contribution in [1.29, 1.82) is 0 Å². The number of carbonyl (C=O) groups excluding carboxylic acids is 2. The number of para-hydroxylation sites is 1. The van der Waals surface area contributed by atoms with E-state index >= 15 is 0 Å². The summed E-state index contributed by atoms with van der Waals surface area (Å²) in [4.78, 5) is 24.6. The maximum atomic E-state index is 12.4. The molecule has 1 unspecified atom stereocenters. The predicted octanol–water partition coefficient (Wildman–Crippen LogP) is 5.19. The number of hydrogen-bond donors (Lipinski definition) is 2. The molecule has 0 fully saturated rings. The van der Waals surface area contributed by atoms with Crippen molar-refractivity contribution < 1.29 is 19.1 Å². The van der Waals surface area contributed by atoms with Crippen LogP contribution in [0, 0.1) is 0 Å². The lowest BCUT2D eigenvalue weighted by atomic mass is 10.3. The summed E-state index contributed by atoms with van der Waals surface area (Å²) in [6, 6.07) is 23.7. The first-order valence-electron chi connectivity index (χ1n) is 9.73. The normalized spacial score (nSPS) is 11.3. The summed E-state index contributed by atoms with van der Waals surface area (Å²) in [5.41, 5.74) is 1.35. The van der Waals surface area contributed by atoms with Crippen LogP contribution >= 0.6 is 11.8 Å². The molecule has 3 aromatic rings. The van der Waals surface area contributed by atoms with E-state index < -0.39 is 0 Å². The molecule has 6 nitrogen and oxygen atoms in total. The van der Waals surface area contributed by atoms with Gasteiger partial charge in [-0.1, -0.05) is 18.2 Å². The molecule has 3 aromatic carbocycles. The first-order chi connectivity index (χ1) is 15.0. The molecule has 3 rings (SSSR count). The van der Waals surface area contributed by atoms with Gasteiger partial charge < -0.3 is 20.1 Å². The van der Waals surface area contributed by atoms with Crippen LogP contribution in [0.3, 0.4) is 0 Å². The maximum absolute atomic E-state index is 12.4. The number of ether oxygens (including phenoxy) is 2. The van der Waals surface area contributed by atoms with Gasteiger partial charge in [0.15, 0.2) is 0 Å². The summed E-state index contributed by atoms with van der Waals surface area (Å²) in [5.74, 6) is 1.98. The molecule has 0 spiro atoms. The van der Waals surface area contributed by atoms with E-state index in [1.54, 1.807) is 62.6 Å². The van der Waals surface area contributed by atoms with Gasteiger partial charge in [0, 0.05) is 11.4 Å². The fourth-order valence-electron chi connectivity index (χ4n) is 2.62. The van der Waals surface area contributed by atoms with Gasteiger partial charge in [-0.15, -0.1) is 11.8 Å². The molecular formula is C24H24N2O4S. The third-order valence-electron chi connectivity index (χ3n) is 4.31. The number of anilines is 2. The van der Waals surface area contributed by atoms with Crippen LogP contribution in [-0.2, 0) is 9.59 Å². The molecule has 0 aliphatic heterocycles. The van der Waals surface area contributed by atoms with Crippen molar-refractivity contribution in [2.75, 3.05) is 23.5 Å². The molecule has 0 saturated heterocycles. The van der Waals surface area contributed by atoms with Gasteiger partial charge in [-0.3, -0.25) is 9.59 Å². The molecule has 0 heterocycles. The van der Waals surface area contributed by atoms with Gasteiger partial charge in [0.2, 0.25) is 11.8 Å². The molecule has 0 aliphatic rings. The minimum atomic E-state index is -0.387. The molecular weight excluding hydrogens is 412 g/mol. The number of hydrogen-bond acceptors (Lipinski definition) is 5. The third kappa shape index (κ3) is 7.08. The summed E-state index contributed by atoms with van der Waals surface area (Å²) < 4.78 is 10.8. The van der Waals surface area contributed by atoms with E-state index in [2.05, 4.69) is 10.6 Å². The van der Waals surface area contributed by atoms with Gasteiger partial charge >= 0.3 is 0 Å². The van der Waals surface area contributed by atoms with Crippen molar-refractivity contribution in [2.45, 2.75) is 12.2 Å².